The van der Waals surface area contributed by atoms with Gasteiger partial charge in [-0.05, 0) is 19.4 Å². The van der Waals surface area contributed by atoms with E-state index in [1.165, 1.54) is 0 Å². The average molecular weight is 321 g/mol. The summed E-state index contributed by atoms with van der Waals surface area (Å²) < 4.78 is 20.5. The Morgan fingerprint density at radius 3 is 3.13 bits per heavy atom. The maximum absolute atomic E-state index is 13.7. The largest absolute Gasteiger partial charge is 0.360 e. The monoisotopic (exact) mass is 321 g/mol. The topological polar surface area (TPSA) is 76.2 Å². The van der Waals surface area contributed by atoms with Crippen molar-refractivity contribution in [2.45, 2.75) is 38.6 Å². The second-order valence-corrected chi connectivity index (χ2v) is 5.86. The van der Waals surface area contributed by atoms with Crippen molar-refractivity contribution in [3.05, 3.63) is 36.0 Å². The van der Waals surface area contributed by atoms with Gasteiger partial charge in [0.05, 0.1) is 12.2 Å². The third kappa shape index (κ3) is 4.16. The molecule has 0 saturated carbocycles. The number of halogens is 1. The highest BCUT2D eigenvalue weighted by Gasteiger charge is 2.32. The molecule has 8 heteroatoms. The number of carbonyl (C=O) groups is 1. The van der Waals surface area contributed by atoms with Gasteiger partial charge in [-0.3, -0.25) is 14.4 Å². The lowest BCUT2D eigenvalue weighted by molar-refractivity contribution is -0.122. The van der Waals surface area contributed by atoms with E-state index in [-0.39, 0.29) is 18.5 Å². The predicted molar refractivity (Wildman–Crippen MR) is 80.2 cm³/mol. The summed E-state index contributed by atoms with van der Waals surface area (Å²) in [6.07, 6.45) is 2.88. The van der Waals surface area contributed by atoms with Crippen LogP contribution in [0.25, 0.3) is 0 Å². The maximum atomic E-state index is 13.7. The molecule has 1 saturated heterocycles. The average Bonchev–Trinajstić information content (AvgIpc) is 3.21. The van der Waals surface area contributed by atoms with E-state index < -0.39 is 6.17 Å². The van der Waals surface area contributed by atoms with E-state index in [9.17, 15) is 9.18 Å². The van der Waals surface area contributed by atoms with Crippen molar-refractivity contribution in [1.29, 1.82) is 0 Å². The molecule has 0 spiro atoms. The van der Waals surface area contributed by atoms with Crippen LogP contribution < -0.4 is 5.32 Å². The van der Waals surface area contributed by atoms with E-state index in [0.29, 0.717) is 31.8 Å². The number of hydrogen-bond donors (Lipinski definition) is 1. The standard InChI is InChI=1S/C15H20FN5O2/c1-11-5-14(23-19-11)9-20-8-12(16)6-13(20)7-17-15(22)10-21-4-2-3-18-21/h2-5,12-13H,6-10H2,1H3,(H,17,22)/t12-,13-/m0/s1. The highest BCUT2D eigenvalue weighted by molar-refractivity contribution is 5.75. The molecule has 0 unspecified atom stereocenters. The molecule has 3 rings (SSSR count). The zero-order valence-corrected chi connectivity index (χ0v) is 13.0. The summed E-state index contributed by atoms with van der Waals surface area (Å²) in [6, 6.07) is 3.56. The van der Waals surface area contributed by atoms with Gasteiger partial charge in [0.1, 0.15) is 12.7 Å². The van der Waals surface area contributed by atoms with Crippen LogP contribution in [0, 0.1) is 6.92 Å². The van der Waals surface area contributed by atoms with Crippen LogP contribution in [0.2, 0.25) is 0 Å². The van der Waals surface area contributed by atoms with E-state index in [0.717, 1.165) is 5.69 Å². The van der Waals surface area contributed by atoms with Crippen LogP contribution in [0.1, 0.15) is 17.9 Å². The second-order valence-electron chi connectivity index (χ2n) is 5.86. The van der Waals surface area contributed by atoms with E-state index >= 15 is 0 Å². The molecule has 0 bridgehead atoms. The quantitative estimate of drug-likeness (QED) is 0.856. The number of carbonyl (C=O) groups excluding carboxylic acids is 1. The zero-order valence-electron chi connectivity index (χ0n) is 13.0. The molecule has 3 heterocycles. The molecule has 1 fully saturated rings. The number of amides is 1. The molecule has 23 heavy (non-hydrogen) atoms. The summed E-state index contributed by atoms with van der Waals surface area (Å²) in [6.45, 7) is 3.27. The summed E-state index contributed by atoms with van der Waals surface area (Å²) in [5.74, 6) is 0.580. The summed E-state index contributed by atoms with van der Waals surface area (Å²) in [5.41, 5.74) is 0.806. The molecule has 1 aliphatic rings. The molecule has 2 atom stereocenters. The lowest BCUT2D eigenvalue weighted by Crippen LogP contribution is -2.40. The van der Waals surface area contributed by atoms with Gasteiger partial charge in [-0.2, -0.15) is 5.10 Å². The number of rotatable bonds is 6. The van der Waals surface area contributed by atoms with Crippen molar-refractivity contribution in [2.24, 2.45) is 0 Å². The number of hydrogen-bond acceptors (Lipinski definition) is 5. The summed E-state index contributed by atoms with van der Waals surface area (Å²) >= 11 is 0. The number of aromatic nitrogens is 3. The van der Waals surface area contributed by atoms with Gasteiger partial charge in [0.15, 0.2) is 5.76 Å². The van der Waals surface area contributed by atoms with Gasteiger partial charge >= 0.3 is 0 Å². The smallest absolute Gasteiger partial charge is 0.241 e. The first-order valence-electron chi connectivity index (χ1n) is 7.64. The molecular formula is C15H20FN5O2. The van der Waals surface area contributed by atoms with Gasteiger partial charge in [-0.15, -0.1) is 0 Å². The van der Waals surface area contributed by atoms with Crippen molar-refractivity contribution in [3.8, 4) is 0 Å². The normalized spacial score (nSPS) is 21.7. The molecule has 0 radical (unpaired) electrons. The number of aryl methyl sites for hydroxylation is 1. The van der Waals surface area contributed by atoms with Crippen molar-refractivity contribution < 1.29 is 13.7 Å². The van der Waals surface area contributed by atoms with Gasteiger partial charge < -0.3 is 9.84 Å². The molecule has 1 N–H and O–H groups in total. The molecule has 0 aromatic carbocycles. The Kier molecular flexibility index (Phi) is 4.71. The lowest BCUT2D eigenvalue weighted by atomic mass is 10.2. The fourth-order valence-corrected chi connectivity index (χ4v) is 2.85. The van der Waals surface area contributed by atoms with Crippen LogP contribution in [-0.2, 0) is 17.9 Å². The maximum Gasteiger partial charge on any atom is 0.241 e. The molecule has 1 aliphatic heterocycles. The Hall–Kier alpha value is -2.22. The first-order valence-corrected chi connectivity index (χ1v) is 7.64. The minimum Gasteiger partial charge on any atom is -0.360 e. The Balaban J connectivity index is 1.51. The highest BCUT2D eigenvalue weighted by atomic mass is 19.1. The molecule has 7 nitrogen and oxygen atoms in total. The number of nitrogens with one attached hydrogen (secondary N) is 1. The first-order chi connectivity index (χ1) is 11.1. The minimum absolute atomic E-state index is 0.0445. The van der Waals surface area contributed by atoms with Crippen molar-refractivity contribution in [2.75, 3.05) is 13.1 Å². The van der Waals surface area contributed by atoms with Crippen LogP contribution in [0.5, 0.6) is 0 Å². The highest BCUT2D eigenvalue weighted by Crippen LogP contribution is 2.22. The minimum atomic E-state index is -0.882. The Morgan fingerprint density at radius 2 is 2.43 bits per heavy atom. The van der Waals surface area contributed by atoms with Crippen molar-refractivity contribution in [1.82, 2.24) is 25.2 Å². The van der Waals surface area contributed by atoms with Crippen molar-refractivity contribution in [3.63, 3.8) is 0 Å². The molecule has 2 aromatic rings. The Bertz CT molecular complexity index is 642. The van der Waals surface area contributed by atoms with E-state index in [4.69, 9.17) is 4.52 Å². The summed E-state index contributed by atoms with van der Waals surface area (Å²) in [4.78, 5) is 13.9. The van der Waals surface area contributed by atoms with Gasteiger partial charge in [0, 0.05) is 37.6 Å². The molecule has 1 amide bonds. The number of nitrogens with zero attached hydrogens (tertiary/aromatic N) is 4. The third-order valence-corrected chi connectivity index (χ3v) is 3.91. The second kappa shape index (κ2) is 6.91. The molecule has 2 aromatic heterocycles. The summed E-state index contributed by atoms with van der Waals surface area (Å²) in [7, 11) is 0. The molecular weight excluding hydrogens is 301 g/mol. The number of likely N-dealkylation sites (tertiary alicyclic amines) is 1. The van der Waals surface area contributed by atoms with E-state index in [1.807, 2.05) is 17.9 Å². The van der Waals surface area contributed by atoms with Crippen molar-refractivity contribution >= 4 is 5.91 Å². The van der Waals surface area contributed by atoms with E-state index in [1.54, 1.807) is 23.1 Å². The van der Waals surface area contributed by atoms with Gasteiger partial charge in [-0.1, -0.05) is 5.16 Å². The molecule has 124 valence electrons. The summed E-state index contributed by atoms with van der Waals surface area (Å²) in [5, 5.41) is 10.7. The van der Waals surface area contributed by atoms with Crippen LogP contribution in [0.15, 0.2) is 29.0 Å². The fraction of sp³-hybridized carbons (Fsp3) is 0.533. The Morgan fingerprint density at radius 1 is 1.57 bits per heavy atom. The Labute approximate surface area is 133 Å². The fourth-order valence-electron chi connectivity index (χ4n) is 2.85. The predicted octanol–water partition coefficient (Wildman–Crippen LogP) is 0.908. The number of alkyl halides is 1. The third-order valence-electron chi connectivity index (χ3n) is 3.91. The van der Waals surface area contributed by atoms with Gasteiger partial charge in [0.2, 0.25) is 5.91 Å². The van der Waals surface area contributed by atoms with Crippen LogP contribution in [0.4, 0.5) is 4.39 Å². The van der Waals surface area contributed by atoms with Crippen LogP contribution in [0.3, 0.4) is 0 Å². The van der Waals surface area contributed by atoms with E-state index in [2.05, 4.69) is 15.6 Å². The lowest BCUT2D eigenvalue weighted by Gasteiger charge is -2.22. The zero-order chi connectivity index (χ0) is 16.2. The SMILES string of the molecule is Cc1cc(CN2C[C@@H](F)C[C@H]2CNC(=O)Cn2cccn2)on1. The van der Waals surface area contributed by atoms with Crippen LogP contribution in [-0.4, -0.2) is 51.0 Å². The molecule has 0 aliphatic carbocycles. The first kappa shape index (κ1) is 15.7. The van der Waals surface area contributed by atoms with Gasteiger partial charge in [-0.25, -0.2) is 4.39 Å². The van der Waals surface area contributed by atoms with Gasteiger partial charge in [0.25, 0.3) is 0 Å². The van der Waals surface area contributed by atoms with Crippen LogP contribution >= 0.6 is 0 Å².